The second-order valence-corrected chi connectivity index (χ2v) is 39.9. The van der Waals surface area contributed by atoms with Gasteiger partial charge in [0.1, 0.15) is 111 Å². The van der Waals surface area contributed by atoms with Crippen LogP contribution in [0.3, 0.4) is 0 Å². The van der Waals surface area contributed by atoms with Gasteiger partial charge in [-0.05, 0) is 193 Å². The van der Waals surface area contributed by atoms with Gasteiger partial charge in [0.25, 0.3) is 0 Å². The van der Waals surface area contributed by atoms with Crippen LogP contribution in [0.25, 0.3) is 0 Å². The molecule has 48 nitrogen and oxygen atoms in total. The van der Waals surface area contributed by atoms with E-state index in [0.717, 1.165) is 0 Å². The third-order valence-electron chi connectivity index (χ3n) is 22.2. The number of carbonyl (C=O) groups excluding carboxylic acids is 23. The van der Waals surface area contributed by atoms with E-state index in [2.05, 4.69) is 101 Å². The topological polar surface area (TPSA) is 740 Å². The van der Waals surface area contributed by atoms with E-state index in [1.165, 1.54) is 143 Å². The highest BCUT2D eigenvalue weighted by molar-refractivity contribution is 6.05. The summed E-state index contributed by atoms with van der Waals surface area (Å²) in [5.74, 6) is -23.4. The summed E-state index contributed by atoms with van der Waals surface area (Å²) in [7, 11) is 0. The summed E-state index contributed by atoms with van der Waals surface area (Å²) in [6, 6.07) is -7.19. The number of benzene rings is 1. The normalized spacial score (nSPS) is 15.3. The maximum Gasteiger partial charge on any atom is 0.326 e. The van der Waals surface area contributed by atoms with Crippen LogP contribution in [-0.4, -0.2) is 276 Å². The third-order valence-corrected chi connectivity index (χ3v) is 22.2. The Morgan fingerprint density at radius 2 is 0.710 bits per heavy atom. The van der Waals surface area contributed by atoms with Crippen molar-refractivity contribution in [2.24, 2.45) is 35.0 Å². The second kappa shape index (κ2) is 51.1. The Kier molecular flexibility index (Phi) is 44.6. The van der Waals surface area contributed by atoms with Crippen molar-refractivity contribution in [2.45, 2.75) is 355 Å². The Hall–Kier alpha value is -13.5. The van der Waals surface area contributed by atoms with Crippen molar-refractivity contribution in [1.82, 2.24) is 106 Å². The number of primary amides is 3. The largest absolute Gasteiger partial charge is 0.480 e. The van der Waals surface area contributed by atoms with Crippen LogP contribution in [0.4, 0.5) is 0 Å². The van der Waals surface area contributed by atoms with E-state index in [-0.39, 0.29) is 31.7 Å². The molecule has 1 saturated heterocycles. The number of nitrogens with zero attached hydrogens (tertiary/aromatic N) is 1. The molecule has 26 N–H and O–H groups in total. The van der Waals surface area contributed by atoms with Crippen LogP contribution in [0.1, 0.15) is 243 Å². The van der Waals surface area contributed by atoms with Gasteiger partial charge in [0.15, 0.2) is 0 Å². The highest BCUT2D eigenvalue weighted by Crippen LogP contribution is 2.25. The zero-order valence-electron chi connectivity index (χ0n) is 83.9. The maximum atomic E-state index is 14.6. The molecule has 1 aromatic carbocycles. The molecule has 1 aliphatic rings. The maximum absolute atomic E-state index is 14.6. The van der Waals surface area contributed by atoms with Crippen molar-refractivity contribution < 1.29 is 120 Å². The Morgan fingerprint density at radius 3 is 1.14 bits per heavy atom. The molecular weight excluding hydrogens is 1800 g/mol. The van der Waals surface area contributed by atoms with Gasteiger partial charge in [-0.25, -0.2) is 4.79 Å². The summed E-state index contributed by atoms with van der Waals surface area (Å²) in [4.78, 5) is 324. The van der Waals surface area contributed by atoms with E-state index in [4.69, 9.17) is 17.2 Å². The molecule has 0 aromatic heterocycles. The Balaban J connectivity index is 2.18. The van der Waals surface area contributed by atoms with E-state index in [0.29, 0.717) is 12.0 Å². The standard InChI is InChI=1S/C90H147N23O25/c1-44(2)41-55(70(125)108-90(25,26)82(138)113-40-30-33-57(113)71(126)103-62(45(3)4)72(127)110-89(23,24)81(137)112-86(17,18)77(133)101-53(35-38-59(92)116)68(123)99-52(34-37-58(91)115)67(122)100-56(74(129)130)42-51-31-28-27-29-32-51)98-61(118)43-94-75(131)83(11,12)109-73(128)63(46(5)6)104-79(135)85(15,16)107-69(124)54(36-39-60(93)117)102-78(134)87(19,20)111-80(136)88(21,22)106-66(121)49(9)96-64(119)47(7)95-65(120)48(8)97-76(132)84(13,14)105-50(10)114/h27-29,31-32,44-49,52-57,62-63H,30,33-43H2,1-26H3,(H2,91,115)(H2,92,116)(H2,93,117)(H,94,131)(H,95,120)(H,96,119)(H,97,132)(H,98,118)(H,99,123)(H,100,122)(H,101,133)(H,102,134)(H,103,126)(H,104,135)(H,105,114)(H,106,121)(H,107,124)(H,108,125)(H,109,128)(H,110,127)(H,111,136)(H,112,137)(H,129,130)/t47-,48-,49-,52-,53-,54-,55-,56-,57-,62-,63-/m0/s1. The van der Waals surface area contributed by atoms with Crippen LogP contribution >= 0.6 is 0 Å². The third kappa shape index (κ3) is 38.6. The van der Waals surface area contributed by atoms with Crippen molar-refractivity contribution in [3.8, 4) is 0 Å². The zero-order chi connectivity index (χ0) is 107. The van der Waals surface area contributed by atoms with Gasteiger partial charge < -0.3 is 128 Å². The zero-order valence-corrected chi connectivity index (χ0v) is 83.9. The van der Waals surface area contributed by atoms with Crippen LogP contribution in [0, 0.1) is 17.8 Å². The number of likely N-dealkylation sites (tertiary alicyclic amines) is 1. The molecule has 11 atom stereocenters. The molecule has 0 unspecified atom stereocenters. The van der Waals surface area contributed by atoms with Gasteiger partial charge in [-0.1, -0.05) is 71.9 Å². The van der Waals surface area contributed by atoms with E-state index < -0.39 is 310 Å². The average Bonchev–Trinajstić information content (AvgIpc) is 1.59. The van der Waals surface area contributed by atoms with Gasteiger partial charge in [0, 0.05) is 39.2 Å². The van der Waals surface area contributed by atoms with E-state index in [9.17, 15) is 120 Å². The number of carboxylic acids is 1. The predicted molar refractivity (Wildman–Crippen MR) is 500 cm³/mol. The van der Waals surface area contributed by atoms with Gasteiger partial charge in [-0.3, -0.25) is 110 Å². The van der Waals surface area contributed by atoms with Crippen LogP contribution in [0.2, 0.25) is 0 Å². The number of amides is 23. The smallest absolute Gasteiger partial charge is 0.326 e. The van der Waals surface area contributed by atoms with Crippen molar-refractivity contribution in [3.05, 3.63) is 35.9 Å². The molecule has 23 amide bonds. The predicted octanol–water partition coefficient (Wildman–Crippen LogP) is -5.34. The lowest BCUT2D eigenvalue weighted by atomic mass is 9.96. The SMILES string of the molecule is CC(=O)NC(C)(C)C(=O)N[C@@H](C)C(=O)N[C@@H](C)C(=O)N[C@@H](C)C(=O)NC(C)(C)C(=O)NC(C)(C)C(=O)N[C@@H](CCC(N)=O)C(=O)NC(C)(C)C(=O)N[C@H](C(=O)NC(C)(C)C(=O)NCC(=O)N[C@@H](CC(C)C)C(=O)NC(C)(C)C(=O)N1CCC[C@H]1C(=O)N[C@H](C(=O)NC(C)(C)C(=O)NC(C)(C)C(=O)N[C@@H](CCC(N)=O)C(=O)N[C@@H](CCC(N)=O)C(=O)N[C@@H](Cc1ccccc1)C(=O)O)C(C)C)C(C)C. The van der Waals surface area contributed by atoms with Crippen molar-refractivity contribution in [3.63, 3.8) is 0 Å². The minimum Gasteiger partial charge on any atom is -0.480 e. The molecule has 0 radical (unpaired) electrons. The molecule has 1 aliphatic heterocycles. The van der Waals surface area contributed by atoms with Gasteiger partial charge in [-0.15, -0.1) is 0 Å². The van der Waals surface area contributed by atoms with Gasteiger partial charge in [0.05, 0.1) is 6.54 Å². The Labute approximate surface area is 803 Å². The van der Waals surface area contributed by atoms with Gasteiger partial charge in [0.2, 0.25) is 136 Å². The van der Waals surface area contributed by atoms with Crippen LogP contribution in [0.5, 0.6) is 0 Å². The van der Waals surface area contributed by atoms with Crippen LogP contribution < -0.4 is 118 Å². The lowest BCUT2D eigenvalue weighted by molar-refractivity contribution is -0.146. The molecule has 138 heavy (non-hydrogen) atoms. The number of hydrogen-bond donors (Lipinski definition) is 23. The second-order valence-electron chi connectivity index (χ2n) is 39.9. The van der Waals surface area contributed by atoms with E-state index in [1.807, 2.05) is 0 Å². The lowest BCUT2D eigenvalue weighted by Gasteiger charge is -2.36. The first kappa shape index (κ1) is 121. The molecule has 48 heteroatoms. The summed E-state index contributed by atoms with van der Waals surface area (Å²) in [5, 5.41) is 57.4. The molecule has 1 fully saturated rings. The number of carboxylic acid groups (broad SMARTS) is 1. The van der Waals surface area contributed by atoms with Crippen molar-refractivity contribution in [2.75, 3.05) is 13.1 Å². The molecule has 1 heterocycles. The molecule has 2 rings (SSSR count). The minimum absolute atomic E-state index is 0.00145. The van der Waals surface area contributed by atoms with Crippen LogP contribution in [-0.2, 0) is 121 Å². The molecule has 772 valence electrons. The summed E-state index contributed by atoms with van der Waals surface area (Å²) < 4.78 is 0. The highest BCUT2D eigenvalue weighted by Gasteiger charge is 2.48. The first-order chi connectivity index (χ1) is 63.0. The number of nitrogens with two attached hydrogens (primary N) is 3. The summed E-state index contributed by atoms with van der Waals surface area (Å²) in [6.45, 7) is 34.9. The Bertz CT molecular complexity index is 4700. The molecule has 0 bridgehead atoms. The average molecular weight is 1950 g/mol. The summed E-state index contributed by atoms with van der Waals surface area (Å²) in [6.07, 6.45) is -2.51. The van der Waals surface area contributed by atoms with Crippen molar-refractivity contribution >= 4 is 142 Å². The number of nitrogens with one attached hydrogen (secondary N) is 19. The lowest BCUT2D eigenvalue weighted by Crippen LogP contribution is -2.66. The summed E-state index contributed by atoms with van der Waals surface area (Å²) >= 11 is 0. The highest BCUT2D eigenvalue weighted by atomic mass is 16.4. The quantitative estimate of drug-likeness (QED) is 0.0290. The van der Waals surface area contributed by atoms with Crippen molar-refractivity contribution in [1.29, 1.82) is 0 Å². The van der Waals surface area contributed by atoms with E-state index >= 15 is 0 Å². The first-order valence-electron chi connectivity index (χ1n) is 45.4. The number of aliphatic carboxylic acids is 1. The van der Waals surface area contributed by atoms with E-state index in [1.54, 1.807) is 71.9 Å². The number of rotatable bonds is 54. The first-order valence-corrected chi connectivity index (χ1v) is 45.4. The molecule has 0 saturated carbocycles. The minimum atomic E-state index is -1.93. The monoisotopic (exact) mass is 1950 g/mol. The van der Waals surface area contributed by atoms with Crippen LogP contribution in [0.15, 0.2) is 30.3 Å². The fraction of sp³-hybridized carbons (Fsp3) is 0.667. The molecule has 0 aliphatic carbocycles. The van der Waals surface area contributed by atoms with Gasteiger partial charge in [-0.2, -0.15) is 0 Å². The fourth-order valence-electron chi connectivity index (χ4n) is 13.5. The number of carbonyl (C=O) groups is 24. The van der Waals surface area contributed by atoms with Gasteiger partial charge >= 0.3 is 5.97 Å². The molecule has 1 aromatic rings. The fourth-order valence-corrected chi connectivity index (χ4v) is 13.5. The summed E-state index contributed by atoms with van der Waals surface area (Å²) in [5.41, 5.74) is 2.32. The molecular formula is C90H147N23O25. The Morgan fingerprint density at radius 1 is 0.362 bits per heavy atom. The molecule has 0 spiro atoms. The number of hydrogen-bond acceptors (Lipinski definition) is 24.